The van der Waals surface area contributed by atoms with Crippen molar-refractivity contribution in [2.75, 3.05) is 0 Å². The molecule has 2 aromatic carbocycles. The Labute approximate surface area is 152 Å². The predicted octanol–water partition coefficient (Wildman–Crippen LogP) is 3.10. The third kappa shape index (κ3) is 3.53. The van der Waals surface area contributed by atoms with Gasteiger partial charge in [-0.3, -0.25) is 4.98 Å². The van der Waals surface area contributed by atoms with Crippen LogP contribution in [0.25, 0.3) is 0 Å². The molecule has 0 unspecified atom stereocenters. The summed E-state index contributed by atoms with van der Waals surface area (Å²) in [4.78, 5) is 4.24. The van der Waals surface area contributed by atoms with Crippen LogP contribution in [0.4, 0.5) is 0 Å². The number of ether oxygens (including phenoxy) is 2. The highest BCUT2D eigenvalue weighted by atomic mass is 16.5. The van der Waals surface area contributed by atoms with Crippen LogP contribution < -0.4 is 14.9 Å². The number of nitriles is 1. The molecule has 0 saturated heterocycles. The van der Waals surface area contributed by atoms with Crippen LogP contribution in [0.15, 0.2) is 60.8 Å². The molecule has 1 aliphatic rings. The Kier molecular flexibility index (Phi) is 4.54. The van der Waals surface area contributed by atoms with Crippen molar-refractivity contribution in [2.45, 2.75) is 13.2 Å². The Balaban J connectivity index is 1.57. The lowest BCUT2D eigenvalue weighted by molar-refractivity contribution is 0.287. The SMILES string of the molecule is N#Cc1ccc(Oc2ccc3c(c2)CO[B]3)c(OCc2ccccn2)c1. The van der Waals surface area contributed by atoms with E-state index >= 15 is 0 Å². The van der Waals surface area contributed by atoms with Crippen molar-refractivity contribution in [3.63, 3.8) is 0 Å². The van der Waals surface area contributed by atoms with Gasteiger partial charge in [0.15, 0.2) is 11.5 Å². The third-order valence-corrected chi connectivity index (χ3v) is 3.97. The minimum atomic E-state index is 0.291. The second-order valence-corrected chi connectivity index (χ2v) is 5.77. The van der Waals surface area contributed by atoms with E-state index < -0.39 is 0 Å². The van der Waals surface area contributed by atoms with Gasteiger partial charge in [-0.2, -0.15) is 5.26 Å². The molecule has 0 spiro atoms. The maximum absolute atomic E-state index is 9.16. The standard InChI is InChI=1S/C20H14BN2O3/c22-11-14-4-7-19(20(9-14)24-13-16-3-1-2-8-23-16)26-17-5-6-18-15(10-17)12-25-21-18/h1-10H,12-13H2. The highest BCUT2D eigenvalue weighted by Crippen LogP contribution is 2.33. The van der Waals surface area contributed by atoms with Gasteiger partial charge >= 0.3 is 7.48 Å². The molecule has 4 rings (SSSR count). The maximum Gasteiger partial charge on any atom is 0.330 e. The topological polar surface area (TPSA) is 64.4 Å². The minimum absolute atomic E-state index is 0.291. The molecule has 0 amide bonds. The zero-order chi connectivity index (χ0) is 17.8. The summed E-state index contributed by atoms with van der Waals surface area (Å²) in [6.45, 7) is 0.835. The van der Waals surface area contributed by atoms with Crippen molar-refractivity contribution in [1.82, 2.24) is 4.98 Å². The van der Waals surface area contributed by atoms with E-state index in [1.165, 1.54) is 0 Å². The number of nitrogens with zero attached hydrogens (tertiary/aromatic N) is 2. The van der Waals surface area contributed by atoms with E-state index in [9.17, 15) is 0 Å². The molecule has 0 bridgehead atoms. The second kappa shape index (κ2) is 7.30. The monoisotopic (exact) mass is 341 g/mol. The summed E-state index contributed by atoms with van der Waals surface area (Å²) in [5.41, 5.74) is 3.44. The average molecular weight is 341 g/mol. The quantitative estimate of drug-likeness (QED) is 0.667. The van der Waals surface area contributed by atoms with Gasteiger partial charge in [-0.1, -0.05) is 12.1 Å². The lowest BCUT2D eigenvalue weighted by atomic mass is 9.87. The third-order valence-electron chi connectivity index (χ3n) is 3.97. The number of rotatable bonds is 5. The highest BCUT2D eigenvalue weighted by molar-refractivity contribution is 6.48. The van der Waals surface area contributed by atoms with Gasteiger partial charge in [-0.25, -0.2) is 0 Å². The lowest BCUT2D eigenvalue weighted by Gasteiger charge is -2.13. The van der Waals surface area contributed by atoms with Crippen LogP contribution in [0.1, 0.15) is 16.8 Å². The molecule has 0 N–H and O–H groups in total. The predicted molar refractivity (Wildman–Crippen MR) is 96.4 cm³/mol. The van der Waals surface area contributed by atoms with Gasteiger partial charge in [0, 0.05) is 12.3 Å². The van der Waals surface area contributed by atoms with E-state index in [0.717, 1.165) is 16.7 Å². The van der Waals surface area contributed by atoms with Crippen LogP contribution in [-0.4, -0.2) is 12.5 Å². The molecule has 5 nitrogen and oxygen atoms in total. The average Bonchev–Trinajstić information content (AvgIpc) is 3.16. The normalized spacial score (nSPS) is 12.0. The minimum Gasteiger partial charge on any atom is -0.483 e. The number of hydrogen-bond acceptors (Lipinski definition) is 5. The molecule has 0 fully saturated rings. The number of pyridine rings is 1. The highest BCUT2D eigenvalue weighted by Gasteiger charge is 2.15. The van der Waals surface area contributed by atoms with Crippen LogP contribution >= 0.6 is 0 Å². The molecule has 0 aliphatic carbocycles. The fourth-order valence-electron chi connectivity index (χ4n) is 2.64. The fraction of sp³-hybridized carbons (Fsp3) is 0.100. The van der Waals surface area contributed by atoms with Crippen LogP contribution in [0.3, 0.4) is 0 Å². The molecule has 2 heterocycles. The lowest BCUT2D eigenvalue weighted by Crippen LogP contribution is -2.10. The first kappa shape index (κ1) is 16.2. The van der Waals surface area contributed by atoms with Crippen LogP contribution in [0.2, 0.25) is 0 Å². The summed E-state index contributed by atoms with van der Waals surface area (Å²) in [7, 11) is 1.74. The largest absolute Gasteiger partial charge is 0.483 e. The summed E-state index contributed by atoms with van der Waals surface area (Å²) >= 11 is 0. The van der Waals surface area contributed by atoms with E-state index in [0.29, 0.717) is 36.0 Å². The summed E-state index contributed by atoms with van der Waals surface area (Å²) in [6.07, 6.45) is 1.71. The summed E-state index contributed by atoms with van der Waals surface area (Å²) in [5, 5.41) is 9.16. The Morgan fingerprint density at radius 2 is 2.08 bits per heavy atom. The zero-order valence-electron chi connectivity index (χ0n) is 13.9. The summed E-state index contributed by atoms with van der Waals surface area (Å²) in [6, 6.07) is 18.6. The number of fused-ring (bicyclic) bond motifs is 1. The summed E-state index contributed by atoms with van der Waals surface area (Å²) < 4.78 is 17.2. The van der Waals surface area contributed by atoms with Gasteiger partial charge in [0.25, 0.3) is 0 Å². The fourth-order valence-corrected chi connectivity index (χ4v) is 2.64. The van der Waals surface area contributed by atoms with Gasteiger partial charge in [-0.15, -0.1) is 0 Å². The molecule has 125 valence electrons. The molecule has 1 aliphatic heterocycles. The van der Waals surface area contributed by atoms with Crippen molar-refractivity contribution in [2.24, 2.45) is 0 Å². The Morgan fingerprint density at radius 1 is 1.12 bits per heavy atom. The number of hydrogen-bond donors (Lipinski definition) is 0. The van der Waals surface area contributed by atoms with Crippen molar-refractivity contribution in [3.05, 3.63) is 77.6 Å². The number of benzene rings is 2. The Bertz CT molecular complexity index is 971. The molecular formula is C20H14BN2O3. The molecule has 0 atom stereocenters. The Hall–Kier alpha value is -3.30. The molecule has 6 heteroatoms. The van der Waals surface area contributed by atoms with Crippen LogP contribution in [-0.2, 0) is 17.9 Å². The van der Waals surface area contributed by atoms with E-state index in [4.69, 9.17) is 19.4 Å². The first-order chi connectivity index (χ1) is 12.8. The second-order valence-electron chi connectivity index (χ2n) is 5.77. The van der Waals surface area contributed by atoms with Crippen LogP contribution in [0, 0.1) is 11.3 Å². The molecule has 0 saturated carbocycles. The maximum atomic E-state index is 9.16. The van der Waals surface area contributed by atoms with Gasteiger partial charge in [0.05, 0.1) is 23.9 Å². The summed E-state index contributed by atoms with van der Waals surface area (Å²) in [5.74, 6) is 1.73. The van der Waals surface area contributed by atoms with E-state index in [1.54, 1.807) is 31.9 Å². The van der Waals surface area contributed by atoms with E-state index in [1.807, 2.05) is 36.4 Å². The van der Waals surface area contributed by atoms with Gasteiger partial charge in [-0.05, 0) is 47.4 Å². The Morgan fingerprint density at radius 3 is 2.92 bits per heavy atom. The van der Waals surface area contributed by atoms with Gasteiger partial charge < -0.3 is 14.1 Å². The number of aromatic nitrogens is 1. The van der Waals surface area contributed by atoms with E-state index in [2.05, 4.69) is 11.1 Å². The smallest absolute Gasteiger partial charge is 0.330 e. The van der Waals surface area contributed by atoms with Crippen molar-refractivity contribution in [3.8, 4) is 23.3 Å². The first-order valence-electron chi connectivity index (χ1n) is 8.14. The van der Waals surface area contributed by atoms with Crippen molar-refractivity contribution in [1.29, 1.82) is 5.26 Å². The molecule has 3 aromatic rings. The molecule has 1 radical (unpaired) electrons. The van der Waals surface area contributed by atoms with Gasteiger partial charge in [0.1, 0.15) is 12.4 Å². The van der Waals surface area contributed by atoms with Crippen molar-refractivity contribution >= 4 is 12.9 Å². The molecule has 26 heavy (non-hydrogen) atoms. The van der Waals surface area contributed by atoms with Crippen molar-refractivity contribution < 1.29 is 14.1 Å². The first-order valence-corrected chi connectivity index (χ1v) is 8.14. The zero-order valence-corrected chi connectivity index (χ0v) is 13.9. The van der Waals surface area contributed by atoms with Gasteiger partial charge in [0.2, 0.25) is 0 Å². The molecule has 1 aromatic heterocycles. The van der Waals surface area contributed by atoms with E-state index in [-0.39, 0.29) is 0 Å². The van der Waals surface area contributed by atoms with Crippen LogP contribution in [0.5, 0.6) is 17.2 Å². The molecular weight excluding hydrogens is 327 g/mol.